The molecule has 0 saturated heterocycles. The molecule has 0 radical (unpaired) electrons. The van der Waals surface area contributed by atoms with Gasteiger partial charge in [0.2, 0.25) is 0 Å². The number of rotatable bonds is 3. The monoisotopic (exact) mass is 362 g/mol. The molecular formula is C17H19BrN2S. The zero-order valence-electron chi connectivity index (χ0n) is 12.4. The molecule has 0 spiro atoms. The van der Waals surface area contributed by atoms with E-state index >= 15 is 0 Å². The number of benzene rings is 2. The highest BCUT2D eigenvalue weighted by Crippen LogP contribution is 2.19. The molecule has 0 heterocycles. The van der Waals surface area contributed by atoms with Gasteiger partial charge in [-0.1, -0.05) is 40.2 Å². The predicted octanol–water partition coefficient (Wildman–Crippen LogP) is 5.11. The van der Waals surface area contributed by atoms with E-state index in [2.05, 4.69) is 65.5 Å². The van der Waals surface area contributed by atoms with Gasteiger partial charge in [-0.25, -0.2) is 0 Å². The highest BCUT2D eigenvalue weighted by Gasteiger charge is 2.08. The first-order valence-electron chi connectivity index (χ1n) is 6.86. The maximum atomic E-state index is 5.41. The lowest BCUT2D eigenvalue weighted by Crippen LogP contribution is -2.31. The van der Waals surface area contributed by atoms with Gasteiger partial charge in [0, 0.05) is 10.2 Å². The molecule has 0 saturated carbocycles. The molecular weight excluding hydrogens is 344 g/mol. The van der Waals surface area contributed by atoms with Crippen molar-refractivity contribution in [3.05, 3.63) is 63.6 Å². The number of anilines is 1. The Morgan fingerprint density at radius 3 is 2.43 bits per heavy atom. The minimum atomic E-state index is 0.156. The van der Waals surface area contributed by atoms with E-state index in [0.29, 0.717) is 5.11 Å². The number of hydrogen-bond acceptors (Lipinski definition) is 1. The van der Waals surface area contributed by atoms with Crippen LogP contribution in [0.3, 0.4) is 0 Å². The van der Waals surface area contributed by atoms with Crippen molar-refractivity contribution in [2.45, 2.75) is 26.8 Å². The fraction of sp³-hybridized carbons (Fsp3) is 0.235. The molecule has 4 heteroatoms. The van der Waals surface area contributed by atoms with Crippen LogP contribution >= 0.6 is 28.1 Å². The van der Waals surface area contributed by atoms with Crippen LogP contribution in [0.5, 0.6) is 0 Å². The number of halogens is 1. The van der Waals surface area contributed by atoms with Gasteiger partial charge in [0.15, 0.2) is 5.11 Å². The fourth-order valence-electron chi connectivity index (χ4n) is 2.08. The molecule has 0 bridgehead atoms. The number of nitrogens with one attached hydrogen (secondary N) is 2. The van der Waals surface area contributed by atoms with Gasteiger partial charge >= 0.3 is 0 Å². The molecule has 0 unspecified atom stereocenters. The second-order valence-corrected chi connectivity index (χ2v) is 6.44. The normalized spacial score (nSPS) is 11.8. The molecule has 0 aromatic heterocycles. The molecule has 2 N–H and O–H groups in total. The van der Waals surface area contributed by atoms with Crippen molar-refractivity contribution in [3.63, 3.8) is 0 Å². The van der Waals surface area contributed by atoms with E-state index in [1.54, 1.807) is 0 Å². The molecule has 21 heavy (non-hydrogen) atoms. The van der Waals surface area contributed by atoms with Crippen LogP contribution in [-0.4, -0.2) is 5.11 Å². The van der Waals surface area contributed by atoms with Gasteiger partial charge in [-0.15, -0.1) is 0 Å². The molecule has 0 fully saturated rings. The van der Waals surface area contributed by atoms with Gasteiger partial charge in [0.05, 0.1) is 6.04 Å². The first-order chi connectivity index (χ1) is 9.97. The third kappa shape index (κ3) is 4.29. The summed E-state index contributed by atoms with van der Waals surface area (Å²) in [6.45, 7) is 6.29. The Balaban J connectivity index is 2.01. The molecule has 0 aliphatic carbocycles. The zero-order valence-corrected chi connectivity index (χ0v) is 14.8. The first-order valence-corrected chi connectivity index (χ1v) is 8.06. The quantitative estimate of drug-likeness (QED) is 0.741. The van der Waals surface area contributed by atoms with Gasteiger partial charge in [-0.3, -0.25) is 0 Å². The maximum Gasteiger partial charge on any atom is 0.171 e. The minimum absolute atomic E-state index is 0.156. The SMILES string of the molecule is Cc1cccc(NC(=S)N[C@@H](C)c2ccc(Br)cc2)c1C. The maximum absolute atomic E-state index is 5.41. The van der Waals surface area contributed by atoms with E-state index in [4.69, 9.17) is 12.2 Å². The lowest BCUT2D eigenvalue weighted by molar-refractivity contribution is 0.722. The topological polar surface area (TPSA) is 24.1 Å². The predicted molar refractivity (Wildman–Crippen MR) is 97.8 cm³/mol. The molecule has 2 nitrogen and oxygen atoms in total. The Labute approximate surface area is 140 Å². The van der Waals surface area contributed by atoms with Crippen molar-refractivity contribution in [2.75, 3.05) is 5.32 Å². The molecule has 1 atom stereocenters. The second kappa shape index (κ2) is 7.05. The Bertz CT molecular complexity index is 638. The first kappa shape index (κ1) is 16.0. The Kier molecular flexibility index (Phi) is 5.37. The lowest BCUT2D eigenvalue weighted by atomic mass is 10.1. The van der Waals surface area contributed by atoms with Crippen LogP contribution in [0.15, 0.2) is 46.9 Å². The largest absolute Gasteiger partial charge is 0.356 e. The van der Waals surface area contributed by atoms with Gasteiger partial charge < -0.3 is 10.6 Å². The van der Waals surface area contributed by atoms with Crippen molar-refractivity contribution in [3.8, 4) is 0 Å². The van der Waals surface area contributed by atoms with Crippen LogP contribution in [0.1, 0.15) is 29.7 Å². The van der Waals surface area contributed by atoms with Crippen LogP contribution < -0.4 is 10.6 Å². The lowest BCUT2D eigenvalue weighted by Gasteiger charge is -2.19. The highest BCUT2D eigenvalue weighted by atomic mass is 79.9. The van der Waals surface area contributed by atoms with Crippen LogP contribution in [0.2, 0.25) is 0 Å². The van der Waals surface area contributed by atoms with Crippen molar-refractivity contribution in [1.29, 1.82) is 0 Å². The fourth-order valence-corrected chi connectivity index (χ4v) is 2.63. The average Bonchev–Trinajstić information content (AvgIpc) is 2.44. The molecule has 110 valence electrons. The van der Waals surface area contributed by atoms with Gasteiger partial charge in [-0.2, -0.15) is 0 Å². The Hall–Kier alpha value is -1.39. The number of thiocarbonyl (C=S) groups is 1. The summed E-state index contributed by atoms with van der Waals surface area (Å²) in [7, 11) is 0. The zero-order chi connectivity index (χ0) is 15.4. The molecule has 2 rings (SSSR count). The summed E-state index contributed by atoms with van der Waals surface area (Å²) in [5.41, 5.74) is 4.72. The Morgan fingerprint density at radius 1 is 1.10 bits per heavy atom. The third-order valence-corrected chi connectivity index (χ3v) is 4.32. The van der Waals surface area contributed by atoms with E-state index < -0.39 is 0 Å². The average molecular weight is 363 g/mol. The van der Waals surface area contributed by atoms with Gasteiger partial charge in [0.1, 0.15) is 0 Å². The van der Waals surface area contributed by atoms with Crippen LogP contribution in [-0.2, 0) is 0 Å². The number of aryl methyl sites for hydroxylation is 1. The Morgan fingerprint density at radius 2 is 1.76 bits per heavy atom. The summed E-state index contributed by atoms with van der Waals surface area (Å²) in [4.78, 5) is 0. The van der Waals surface area contributed by atoms with Crippen molar-refractivity contribution >= 4 is 38.9 Å². The highest BCUT2D eigenvalue weighted by molar-refractivity contribution is 9.10. The molecule has 0 aliphatic heterocycles. The molecule has 2 aromatic carbocycles. The molecule has 2 aromatic rings. The van der Waals surface area contributed by atoms with E-state index in [1.165, 1.54) is 16.7 Å². The van der Waals surface area contributed by atoms with Crippen LogP contribution in [0, 0.1) is 13.8 Å². The van der Waals surface area contributed by atoms with Crippen molar-refractivity contribution in [2.24, 2.45) is 0 Å². The van der Waals surface area contributed by atoms with E-state index in [-0.39, 0.29) is 6.04 Å². The molecule has 0 aliphatic rings. The minimum Gasteiger partial charge on any atom is -0.356 e. The second-order valence-electron chi connectivity index (χ2n) is 5.12. The summed E-state index contributed by atoms with van der Waals surface area (Å²) >= 11 is 8.86. The summed E-state index contributed by atoms with van der Waals surface area (Å²) < 4.78 is 1.08. The summed E-state index contributed by atoms with van der Waals surface area (Å²) in [5.74, 6) is 0. The van der Waals surface area contributed by atoms with E-state index in [0.717, 1.165) is 10.2 Å². The van der Waals surface area contributed by atoms with Crippen LogP contribution in [0.25, 0.3) is 0 Å². The van der Waals surface area contributed by atoms with Gasteiger partial charge in [-0.05, 0) is 67.9 Å². The van der Waals surface area contributed by atoms with Crippen LogP contribution in [0.4, 0.5) is 5.69 Å². The molecule has 0 amide bonds. The van der Waals surface area contributed by atoms with Crippen molar-refractivity contribution < 1.29 is 0 Å². The standard InChI is InChI=1S/C17H19BrN2S/c1-11-5-4-6-16(12(11)2)20-17(21)19-13(3)14-7-9-15(18)10-8-14/h4-10,13H,1-3H3,(H2,19,20,21)/t13-/m0/s1. The summed E-state index contributed by atoms with van der Waals surface area (Å²) in [5, 5.41) is 7.23. The summed E-state index contributed by atoms with van der Waals surface area (Å²) in [6.07, 6.45) is 0. The van der Waals surface area contributed by atoms with E-state index in [9.17, 15) is 0 Å². The summed E-state index contributed by atoms with van der Waals surface area (Å²) in [6, 6.07) is 14.6. The third-order valence-electron chi connectivity index (χ3n) is 3.57. The van der Waals surface area contributed by atoms with Crippen molar-refractivity contribution in [1.82, 2.24) is 5.32 Å². The van der Waals surface area contributed by atoms with E-state index in [1.807, 2.05) is 24.3 Å². The van der Waals surface area contributed by atoms with Gasteiger partial charge in [0.25, 0.3) is 0 Å². The smallest absolute Gasteiger partial charge is 0.171 e. The number of hydrogen-bond donors (Lipinski definition) is 2.